The van der Waals surface area contributed by atoms with Gasteiger partial charge in [0.15, 0.2) is 5.82 Å². The highest BCUT2D eigenvalue weighted by Crippen LogP contribution is 2.04. The zero-order chi connectivity index (χ0) is 9.68. The molecule has 1 rings (SSSR count). The fourth-order valence-electron chi connectivity index (χ4n) is 0.773. The molecule has 6 heteroatoms. The normalized spacial score (nSPS) is 12.5. The van der Waals surface area contributed by atoms with Crippen LogP contribution in [0.3, 0.4) is 0 Å². The molecule has 1 atom stereocenters. The number of nitrogens with zero attached hydrogens (tertiary/aromatic N) is 2. The quantitative estimate of drug-likeness (QED) is 0.786. The Balaban J connectivity index is 2.41. The number of ether oxygens (including phenoxy) is 1. The number of aromatic nitrogens is 2. The lowest BCUT2D eigenvalue weighted by atomic mass is 10.4. The van der Waals surface area contributed by atoms with Gasteiger partial charge in [-0.2, -0.15) is 0 Å². The molecule has 5 nitrogen and oxygen atoms in total. The van der Waals surface area contributed by atoms with E-state index in [0.717, 1.165) is 0 Å². The van der Waals surface area contributed by atoms with Gasteiger partial charge in [0.25, 0.3) is 5.91 Å². The van der Waals surface area contributed by atoms with Gasteiger partial charge < -0.3 is 10.1 Å². The van der Waals surface area contributed by atoms with E-state index in [0.29, 0.717) is 12.4 Å². The molecule has 0 aromatic carbocycles. The van der Waals surface area contributed by atoms with Gasteiger partial charge in [-0.15, -0.1) is 5.10 Å². The van der Waals surface area contributed by atoms with Crippen molar-refractivity contribution >= 4 is 23.3 Å². The fourth-order valence-corrected chi connectivity index (χ4v) is 1.16. The number of hydrogen-bond donors (Lipinski definition) is 1. The lowest BCUT2D eigenvalue weighted by Gasteiger charge is -2.09. The molecule has 1 aromatic heterocycles. The molecule has 1 amide bonds. The van der Waals surface area contributed by atoms with Gasteiger partial charge in [-0.05, 0) is 25.4 Å². The first-order valence-corrected chi connectivity index (χ1v) is 4.77. The van der Waals surface area contributed by atoms with Crippen molar-refractivity contribution in [1.82, 2.24) is 9.59 Å². The summed E-state index contributed by atoms with van der Waals surface area (Å²) in [5.74, 6) is 0.274. The summed E-state index contributed by atoms with van der Waals surface area (Å²) in [4.78, 5) is 11.3. The standard InChI is InChI=1S/C7H11N3O2S/c1-3-12-5(2)7(11)8-6-4-13-10-9-6/h4-5H,3H2,1-2H3,(H,8,11). The molecule has 0 saturated carbocycles. The van der Waals surface area contributed by atoms with Gasteiger partial charge in [-0.1, -0.05) is 4.49 Å². The van der Waals surface area contributed by atoms with E-state index in [1.807, 2.05) is 6.92 Å². The molecular weight excluding hydrogens is 190 g/mol. The zero-order valence-electron chi connectivity index (χ0n) is 7.48. The molecule has 1 N–H and O–H groups in total. The highest BCUT2D eigenvalue weighted by atomic mass is 32.1. The Morgan fingerprint density at radius 1 is 1.85 bits per heavy atom. The van der Waals surface area contributed by atoms with Crippen molar-refractivity contribution in [3.05, 3.63) is 5.38 Å². The molecule has 72 valence electrons. The number of rotatable bonds is 4. The topological polar surface area (TPSA) is 64.1 Å². The van der Waals surface area contributed by atoms with Crippen molar-refractivity contribution in [3.8, 4) is 0 Å². The molecule has 1 heterocycles. The van der Waals surface area contributed by atoms with Gasteiger partial charge in [0.2, 0.25) is 0 Å². The summed E-state index contributed by atoms with van der Waals surface area (Å²) >= 11 is 1.19. The van der Waals surface area contributed by atoms with Crippen LogP contribution in [0.5, 0.6) is 0 Å². The zero-order valence-corrected chi connectivity index (χ0v) is 8.30. The summed E-state index contributed by atoms with van der Waals surface area (Å²) in [5.41, 5.74) is 0. The van der Waals surface area contributed by atoms with Crippen LogP contribution in [0.4, 0.5) is 5.82 Å². The van der Waals surface area contributed by atoms with E-state index < -0.39 is 6.10 Å². The Bertz CT molecular complexity index is 263. The minimum Gasteiger partial charge on any atom is -0.369 e. The maximum absolute atomic E-state index is 11.3. The van der Waals surface area contributed by atoms with Crippen LogP contribution in [-0.2, 0) is 9.53 Å². The predicted octanol–water partition coefficient (Wildman–Crippen LogP) is 0.902. The Kier molecular flexibility index (Phi) is 3.78. The van der Waals surface area contributed by atoms with Gasteiger partial charge in [-0.3, -0.25) is 4.79 Å². The number of anilines is 1. The molecule has 1 unspecified atom stereocenters. The average molecular weight is 201 g/mol. The third-order valence-corrected chi connectivity index (χ3v) is 1.90. The van der Waals surface area contributed by atoms with Crippen molar-refractivity contribution < 1.29 is 9.53 Å². The minimum atomic E-state index is -0.452. The lowest BCUT2D eigenvalue weighted by Crippen LogP contribution is -2.27. The Morgan fingerprint density at radius 3 is 3.15 bits per heavy atom. The first-order valence-electron chi connectivity index (χ1n) is 3.93. The highest BCUT2D eigenvalue weighted by molar-refractivity contribution is 7.03. The maximum Gasteiger partial charge on any atom is 0.254 e. The number of nitrogens with one attached hydrogen (secondary N) is 1. The number of carbonyl (C=O) groups excluding carboxylic acids is 1. The van der Waals surface area contributed by atoms with Crippen LogP contribution < -0.4 is 5.32 Å². The van der Waals surface area contributed by atoms with Crippen molar-refractivity contribution in [2.75, 3.05) is 11.9 Å². The van der Waals surface area contributed by atoms with Crippen molar-refractivity contribution in [2.24, 2.45) is 0 Å². The van der Waals surface area contributed by atoms with Crippen molar-refractivity contribution in [2.45, 2.75) is 20.0 Å². The molecule has 0 saturated heterocycles. The lowest BCUT2D eigenvalue weighted by molar-refractivity contribution is -0.126. The third kappa shape index (κ3) is 3.08. The molecule has 0 spiro atoms. The molecular formula is C7H11N3O2S. The third-order valence-electron chi connectivity index (χ3n) is 1.40. The van der Waals surface area contributed by atoms with Crippen LogP contribution in [-0.4, -0.2) is 28.2 Å². The van der Waals surface area contributed by atoms with Crippen molar-refractivity contribution in [3.63, 3.8) is 0 Å². The van der Waals surface area contributed by atoms with Gasteiger partial charge in [-0.25, -0.2) is 0 Å². The van der Waals surface area contributed by atoms with Gasteiger partial charge >= 0.3 is 0 Å². The first kappa shape index (κ1) is 10.1. The molecule has 1 aromatic rings. The second kappa shape index (κ2) is 4.88. The molecule has 0 fully saturated rings. The minimum absolute atomic E-state index is 0.199. The Labute approximate surface area is 80.3 Å². The predicted molar refractivity (Wildman–Crippen MR) is 49.6 cm³/mol. The largest absolute Gasteiger partial charge is 0.369 e. The smallest absolute Gasteiger partial charge is 0.254 e. The van der Waals surface area contributed by atoms with E-state index in [1.165, 1.54) is 11.5 Å². The average Bonchev–Trinajstić information content (AvgIpc) is 2.57. The highest BCUT2D eigenvalue weighted by Gasteiger charge is 2.13. The van der Waals surface area contributed by atoms with Crippen LogP contribution in [0.25, 0.3) is 0 Å². The van der Waals surface area contributed by atoms with Crippen LogP contribution in [0, 0.1) is 0 Å². The summed E-state index contributed by atoms with van der Waals surface area (Å²) < 4.78 is 8.71. The van der Waals surface area contributed by atoms with E-state index in [9.17, 15) is 4.79 Å². The van der Waals surface area contributed by atoms with Crippen molar-refractivity contribution in [1.29, 1.82) is 0 Å². The van der Waals surface area contributed by atoms with Gasteiger partial charge in [0.1, 0.15) is 6.10 Å². The molecule has 0 aliphatic rings. The monoisotopic (exact) mass is 201 g/mol. The van der Waals surface area contributed by atoms with E-state index in [-0.39, 0.29) is 5.91 Å². The molecule has 0 bridgehead atoms. The Hall–Kier alpha value is -1.01. The molecule has 0 aliphatic heterocycles. The molecule has 0 radical (unpaired) electrons. The van der Waals surface area contributed by atoms with Crippen LogP contribution >= 0.6 is 11.5 Å². The summed E-state index contributed by atoms with van der Waals surface area (Å²) in [6.45, 7) is 4.05. The van der Waals surface area contributed by atoms with E-state index in [1.54, 1.807) is 12.3 Å². The second-order valence-corrected chi connectivity index (χ2v) is 2.99. The molecule has 13 heavy (non-hydrogen) atoms. The van der Waals surface area contributed by atoms with E-state index in [2.05, 4.69) is 14.9 Å². The number of hydrogen-bond acceptors (Lipinski definition) is 5. The number of carbonyl (C=O) groups is 1. The van der Waals surface area contributed by atoms with Gasteiger partial charge in [0.05, 0.1) is 5.38 Å². The first-order chi connectivity index (χ1) is 6.24. The molecule has 0 aliphatic carbocycles. The van der Waals surface area contributed by atoms with Gasteiger partial charge in [0, 0.05) is 6.61 Å². The van der Waals surface area contributed by atoms with E-state index in [4.69, 9.17) is 4.74 Å². The van der Waals surface area contributed by atoms with Crippen LogP contribution in [0.2, 0.25) is 0 Å². The van der Waals surface area contributed by atoms with Crippen LogP contribution in [0.1, 0.15) is 13.8 Å². The Morgan fingerprint density at radius 2 is 2.62 bits per heavy atom. The van der Waals surface area contributed by atoms with E-state index >= 15 is 0 Å². The van der Waals surface area contributed by atoms with Crippen LogP contribution in [0.15, 0.2) is 5.38 Å². The second-order valence-electron chi connectivity index (χ2n) is 2.38. The summed E-state index contributed by atoms with van der Waals surface area (Å²) in [6.07, 6.45) is -0.452. The number of amides is 1. The SMILES string of the molecule is CCOC(C)C(=O)Nc1csnn1. The summed E-state index contributed by atoms with van der Waals surface area (Å²) in [6, 6.07) is 0. The maximum atomic E-state index is 11.3. The summed E-state index contributed by atoms with van der Waals surface area (Å²) in [5, 5.41) is 7.92. The fraction of sp³-hybridized carbons (Fsp3) is 0.571. The summed E-state index contributed by atoms with van der Waals surface area (Å²) in [7, 11) is 0.